The third kappa shape index (κ3) is 5.01. The number of rotatable bonds is 6. The van der Waals surface area contributed by atoms with E-state index in [9.17, 15) is 4.79 Å². The van der Waals surface area contributed by atoms with Crippen LogP contribution in [0, 0.1) is 0 Å². The van der Waals surface area contributed by atoms with Gasteiger partial charge in [-0.05, 0) is 24.3 Å². The first kappa shape index (κ1) is 23.6. The standard InChI is InChI=1S/C21H17Cl5N2O4/c22-15-16(23)18(25)20(19(26)17(15)24)31-11-13-3-4-14(32-13)21(29)28-7-5-27(6-8-28)10-12-2-1-9-30-12/h1-4,9H,5-8,10-11H2. The van der Waals surface area contributed by atoms with Crippen LogP contribution in [0.1, 0.15) is 22.1 Å². The van der Waals surface area contributed by atoms with Crippen molar-refractivity contribution in [2.75, 3.05) is 26.2 Å². The summed E-state index contributed by atoms with van der Waals surface area (Å²) >= 11 is 30.4. The molecular weight excluding hydrogens is 522 g/mol. The quantitative estimate of drug-likeness (QED) is 0.259. The van der Waals surface area contributed by atoms with Gasteiger partial charge in [0.2, 0.25) is 0 Å². The molecule has 0 spiro atoms. The Morgan fingerprint density at radius 2 is 1.53 bits per heavy atom. The Hall–Kier alpha value is -1.54. The van der Waals surface area contributed by atoms with Crippen molar-refractivity contribution in [3.8, 4) is 5.75 Å². The molecule has 1 aliphatic rings. The number of nitrogens with zero attached hydrogens (tertiary/aromatic N) is 2. The highest BCUT2D eigenvalue weighted by atomic mass is 35.5. The molecule has 0 N–H and O–H groups in total. The molecule has 170 valence electrons. The van der Waals surface area contributed by atoms with E-state index in [1.807, 2.05) is 12.1 Å². The van der Waals surface area contributed by atoms with Crippen LogP contribution in [-0.4, -0.2) is 41.9 Å². The largest absolute Gasteiger partial charge is 0.482 e. The van der Waals surface area contributed by atoms with E-state index in [4.69, 9.17) is 71.6 Å². The minimum absolute atomic E-state index is 0.0298. The smallest absolute Gasteiger partial charge is 0.289 e. The molecule has 11 heteroatoms. The number of carbonyl (C=O) groups is 1. The number of amides is 1. The number of carbonyl (C=O) groups excluding carboxylic acids is 1. The Kier molecular flexibility index (Phi) is 7.50. The van der Waals surface area contributed by atoms with Crippen LogP contribution >= 0.6 is 58.0 Å². The van der Waals surface area contributed by atoms with Crippen LogP contribution in [0.4, 0.5) is 0 Å². The van der Waals surface area contributed by atoms with Crippen LogP contribution in [0.2, 0.25) is 25.1 Å². The fourth-order valence-electron chi connectivity index (χ4n) is 3.31. The molecular formula is C21H17Cl5N2O4. The molecule has 0 bridgehead atoms. The van der Waals surface area contributed by atoms with E-state index in [2.05, 4.69) is 4.90 Å². The third-order valence-corrected chi connectivity index (χ3v) is 7.26. The molecule has 1 amide bonds. The first-order valence-corrected chi connectivity index (χ1v) is 11.5. The number of piperazine rings is 1. The summed E-state index contributed by atoms with van der Waals surface area (Å²) in [6, 6.07) is 7.07. The normalized spacial score (nSPS) is 14.7. The Balaban J connectivity index is 1.35. The number of hydrogen-bond donors (Lipinski definition) is 0. The molecule has 0 atom stereocenters. The maximum absolute atomic E-state index is 12.8. The highest BCUT2D eigenvalue weighted by Crippen LogP contribution is 2.48. The molecule has 3 heterocycles. The van der Waals surface area contributed by atoms with Crippen molar-refractivity contribution in [3.63, 3.8) is 0 Å². The molecule has 0 unspecified atom stereocenters. The van der Waals surface area contributed by atoms with Crippen molar-refractivity contribution >= 4 is 63.9 Å². The molecule has 6 nitrogen and oxygen atoms in total. The second kappa shape index (κ2) is 10.2. The van der Waals surface area contributed by atoms with E-state index in [0.717, 1.165) is 25.4 Å². The lowest BCUT2D eigenvalue weighted by Gasteiger charge is -2.33. The summed E-state index contributed by atoms with van der Waals surface area (Å²) < 4.78 is 16.7. The van der Waals surface area contributed by atoms with E-state index >= 15 is 0 Å². The van der Waals surface area contributed by atoms with Crippen LogP contribution in [0.3, 0.4) is 0 Å². The minimum Gasteiger partial charge on any atom is -0.482 e. The van der Waals surface area contributed by atoms with E-state index in [-0.39, 0.29) is 49.1 Å². The van der Waals surface area contributed by atoms with Crippen molar-refractivity contribution < 1.29 is 18.4 Å². The summed E-state index contributed by atoms with van der Waals surface area (Å²) in [5.74, 6) is 1.46. The first-order valence-electron chi connectivity index (χ1n) is 9.62. The van der Waals surface area contributed by atoms with Crippen LogP contribution < -0.4 is 4.74 Å². The van der Waals surface area contributed by atoms with Crippen molar-refractivity contribution in [3.05, 3.63) is 72.9 Å². The SMILES string of the molecule is O=C(c1ccc(COc2c(Cl)c(Cl)c(Cl)c(Cl)c2Cl)o1)N1CCN(Cc2ccco2)CC1. The molecule has 0 saturated carbocycles. The molecule has 2 aromatic heterocycles. The second-order valence-corrected chi connectivity index (χ2v) is 8.99. The van der Waals surface area contributed by atoms with Crippen LogP contribution in [-0.2, 0) is 13.2 Å². The number of ether oxygens (including phenoxy) is 1. The molecule has 1 aromatic carbocycles. The Bertz CT molecular complexity index is 1080. The van der Waals surface area contributed by atoms with Gasteiger partial charge >= 0.3 is 0 Å². The lowest BCUT2D eigenvalue weighted by Crippen LogP contribution is -2.48. The predicted molar refractivity (Wildman–Crippen MR) is 124 cm³/mol. The predicted octanol–water partition coefficient (Wildman–Crippen LogP) is 6.68. The van der Waals surface area contributed by atoms with Gasteiger partial charge in [-0.25, -0.2) is 0 Å². The molecule has 0 aliphatic carbocycles. The zero-order valence-electron chi connectivity index (χ0n) is 16.5. The maximum Gasteiger partial charge on any atom is 0.289 e. The van der Waals surface area contributed by atoms with Crippen molar-refractivity contribution in [2.24, 2.45) is 0 Å². The summed E-state index contributed by atoms with van der Waals surface area (Å²) in [7, 11) is 0. The number of furan rings is 2. The van der Waals surface area contributed by atoms with Crippen molar-refractivity contribution in [1.82, 2.24) is 9.80 Å². The monoisotopic (exact) mass is 536 g/mol. The van der Waals surface area contributed by atoms with Crippen LogP contribution in [0.15, 0.2) is 39.4 Å². The van der Waals surface area contributed by atoms with Gasteiger partial charge in [-0.1, -0.05) is 58.0 Å². The van der Waals surface area contributed by atoms with Crippen LogP contribution in [0.25, 0.3) is 0 Å². The lowest BCUT2D eigenvalue weighted by atomic mass is 10.2. The molecule has 3 aromatic rings. The lowest BCUT2D eigenvalue weighted by molar-refractivity contribution is 0.0586. The molecule has 1 aliphatic heterocycles. The van der Waals surface area contributed by atoms with Gasteiger partial charge in [0.15, 0.2) is 11.5 Å². The van der Waals surface area contributed by atoms with Crippen molar-refractivity contribution in [1.29, 1.82) is 0 Å². The average Bonchev–Trinajstić information content (AvgIpc) is 3.49. The highest BCUT2D eigenvalue weighted by Gasteiger charge is 2.25. The van der Waals surface area contributed by atoms with Crippen molar-refractivity contribution in [2.45, 2.75) is 13.2 Å². The summed E-state index contributed by atoms with van der Waals surface area (Å²) in [5.41, 5.74) is 0. The third-order valence-electron chi connectivity index (χ3n) is 5.02. The Labute approximate surface area is 209 Å². The molecule has 4 rings (SSSR count). The van der Waals surface area contributed by atoms with E-state index < -0.39 is 0 Å². The fraction of sp³-hybridized carbons (Fsp3) is 0.286. The summed E-state index contributed by atoms with van der Waals surface area (Å²) in [6.07, 6.45) is 1.66. The topological polar surface area (TPSA) is 59.1 Å². The molecule has 1 saturated heterocycles. The van der Waals surface area contributed by atoms with Gasteiger partial charge in [0, 0.05) is 26.2 Å². The van der Waals surface area contributed by atoms with Gasteiger partial charge in [0.1, 0.15) is 28.2 Å². The van der Waals surface area contributed by atoms with Gasteiger partial charge in [-0.3, -0.25) is 9.69 Å². The number of benzene rings is 1. The number of hydrogen-bond acceptors (Lipinski definition) is 5. The Morgan fingerprint density at radius 3 is 2.16 bits per heavy atom. The van der Waals surface area contributed by atoms with Gasteiger partial charge < -0.3 is 18.5 Å². The van der Waals surface area contributed by atoms with E-state index in [0.29, 0.717) is 18.8 Å². The molecule has 0 radical (unpaired) electrons. The summed E-state index contributed by atoms with van der Waals surface area (Å²) in [4.78, 5) is 16.8. The maximum atomic E-state index is 12.8. The summed E-state index contributed by atoms with van der Waals surface area (Å²) in [5, 5.41) is 0.215. The second-order valence-electron chi connectivity index (χ2n) is 7.10. The van der Waals surface area contributed by atoms with E-state index in [1.54, 1.807) is 23.3 Å². The van der Waals surface area contributed by atoms with Gasteiger partial charge in [-0.2, -0.15) is 0 Å². The number of halogens is 5. The minimum atomic E-state index is -0.178. The zero-order valence-corrected chi connectivity index (χ0v) is 20.3. The van der Waals surface area contributed by atoms with E-state index in [1.165, 1.54) is 0 Å². The van der Waals surface area contributed by atoms with Gasteiger partial charge in [0.05, 0.1) is 27.9 Å². The zero-order chi connectivity index (χ0) is 22.8. The van der Waals surface area contributed by atoms with Gasteiger partial charge in [-0.15, -0.1) is 0 Å². The molecule has 1 fully saturated rings. The average molecular weight is 539 g/mol. The fourth-order valence-corrected chi connectivity index (χ4v) is 4.54. The molecule has 32 heavy (non-hydrogen) atoms. The van der Waals surface area contributed by atoms with Gasteiger partial charge in [0.25, 0.3) is 5.91 Å². The Morgan fingerprint density at radius 1 is 0.875 bits per heavy atom. The first-order chi connectivity index (χ1) is 15.3. The highest BCUT2D eigenvalue weighted by molar-refractivity contribution is 6.55. The van der Waals surface area contributed by atoms with Crippen LogP contribution in [0.5, 0.6) is 5.75 Å². The summed E-state index contributed by atoms with van der Waals surface area (Å²) in [6.45, 7) is 3.38.